The van der Waals surface area contributed by atoms with Crippen molar-refractivity contribution in [1.29, 1.82) is 0 Å². The number of hydrogen-bond donors (Lipinski definition) is 0. The van der Waals surface area contributed by atoms with Crippen molar-refractivity contribution in [2.24, 2.45) is 4.99 Å². The zero-order chi connectivity index (χ0) is 15.8. The molecule has 0 unspecified atom stereocenters. The Kier molecular flexibility index (Phi) is 3.73. The molecule has 3 atom stereocenters. The molecule has 4 rings (SSSR count). The van der Waals surface area contributed by atoms with E-state index in [0.29, 0.717) is 5.25 Å². The third-order valence-electron chi connectivity index (χ3n) is 4.34. The molecule has 0 N–H and O–H groups in total. The van der Waals surface area contributed by atoms with Gasteiger partial charge in [-0.3, -0.25) is 9.98 Å². The summed E-state index contributed by atoms with van der Waals surface area (Å²) in [5, 5.41) is 1.69. The Morgan fingerprint density at radius 3 is 2.78 bits per heavy atom. The van der Waals surface area contributed by atoms with E-state index in [4.69, 9.17) is 9.73 Å². The number of methoxy groups -OCH3 is 1. The summed E-state index contributed by atoms with van der Waals surface area (Å²) < 4.78 is 5.61. The minimum Gasteiger partial charge on any atom is -0.496 e. The molecule has 0 bridgehead atoms. The van der Waals surface area contributed by atoms with Gasteiger partial charge >= 0.3 is 0 Å². The summed E-state index contributed by atoms with van der Waals surface area (Å²) in [7, 11) is 1.73. The van der Waals surface area contributed by atoms with Gasteiger partial charge in [-0.2, -0.15) is 0 Å². The molecular formula is C18H19N3OS. The number of pyridine rings is 1. The molecule has 4 nitrogen and oxygen atoms in total. The number of para-hydroxylation sites is 1. The minimum absolute atomic E-state index is 0.0162. The zero-order valence-electron chi connectivity index (χ0n) is 13.2. The molecule has 0 radical (unpaired) electrons. The Morgan fingerprint density at radius 1 is 1.17 bits per heavy atom. The lowest BCUT2D eigenvalue weighted by Gasteiger charge is -2.28. The van der Waals surface area contributed by atoms with Gasteiger partial charge in [0, 0.05) is 23.6 Å². The fraction of sp³-hybridized carbons (Fsp3) is 0.333. The average molecular weight is 325 g/mol. The highest BCUT2D eigenvalue weighted by Gasteiger charge is 2.44. The van der Waals surface area contributed by atoms with Crippen molar-refractivity contribution in [3.8, 4) is 5.75 Å². The first kappa shape index (κ1) is 14.6. The maximum absolute atomic E-state index is 5.61. The SMILES string of the molecule is COc1ccccc1[C@H]1[C@H](c2ccccn2)N=C2S[C@@H](C)CN21. The molecule has 2 aliphatic heterocycles. The molecule has 23 heavy (non-hydrogen) atoms. The van der Waals surface area contributed by atoms with E-state index < -0.39 is 0 Å². The first-order valence-electron chi connectivity index (χ1n) is 7.83. The number of ether oxygens (including phenoxy) is 1. The van der Waals surface area contributed by atoms with Gasteiger partial charge in [-0.1, -0.05) is 43.0 Å². The van der Waals surface area contributed by atoms with Crippen LogP contribution in [0.25, 0.3) is 0 Å². The number of nitrogens with zero attached hydrogens (tertiary/aromatic N) is 3. The maximum atomic E-state index is 5.61. The summed E-state index contributed by atoms with van der Waals surface area (Å²) in [6.45, 7) is 3.26. The summed E-state index contributed by atoms with van der Waals surface area (Å²) in [5.74, 6) is 0.916. The topological polar surface area (TPSA) is 37.7 Å². The molecular weight excluding hydrogens is 306 g/mol. The van der Waals surface area contributed by atoms with Gasteiger partial charge in [0.15, 0.2) is 5.17 Å². The molecule has 1 fully saturated rings. The molecule has 3 heterocycles. The van der Waals surface area contributed by atoms with Crippen LogP contribution >= 0.6 is 11.8 Å². The van der Waals surface area contributed by atoms with Crippen LogP contribution in [0.1, 0.15) is 30.3 Å². The molecule has 5 heteroatoms. The van der Waals surface area contributed by atoms with Gasteiger partial charge in [0.1, 0.15) is 11.8 Å². The number of amidine groups is 1. The van der Waals surface area contributed by atoms with E-state index in [1.54, 1.807) is 7.11 Å². The molecule has 2 aromatic rings. The lowest BCUT2D eigenvalue weighted by atomic mass is 9.95. The van der Waals surface area contributed by atoms with Crippen LogP contribution in [0.15, 0.2) is 53.7 Å². The number of aromatic nitrogens is 1. The predicted molar refractivity (Wildman–Crippen MR) is 93.9 cm³/mol. The number of hydrogen-bond acceptors (Lipinski definition) is 5. The van der Waals surface area contributed by atoms with E-state index in [0.717, 1.165) is 23.2 Å². The molecule has 118 valence electrons. The van der Waals surface area contributed by atoms with Gasteiger partial charge in [0.2, 0.25) is 0 Å². The molecule has 1 aromatic heterocycles. The van der Waals surface area contributed by atoms with Crippen molar-refractivity contribution in [2.75, 3.05) is 13.7 Å². The lowest BCUT2D eigenvalue weighted by Crippen LogP contribution is -2.28. The van der Waals surface area contributed by atoms with Crippen LogP contribution in [0.4, 0.5) is 0 Å². The second-order valence-corrected chi connectivity index (χ2v) is 7.28. The second-order valence-electron chi connectivity index (χ2n) is 5.88. The summed E-state index contributed by atoms with van der Waals surface area (Å²) in [6, 6.07) is 14.4. The third kappa shape index (κ3) is 2.49. The van der Waals surface area contributed by atoms with Gasteiger partial charge in [0.05, 0.1) is 18.8 Å². The van der Waals surface area contributed by atoms with E-state index in [1.165, 1.54) is 5.56 Å². The van der Waals surface area contributed by atoms with Gasteiger partial charge in [-0.05, 0) is 18.2 Å². The third-order valence-corrected chi connectivity index (χ3v) is 5.44. The highest BCUT2D eigenvalue weighted by atomic mass is 32.2. The number of fused-ring (bicyclic) bond motifs is 1. The van der Waals surface area contributed by atoms with Crippen molar-refractivity contribution < 1.29 is 4.74 Å². The number of aliphatic imine (C=N–C) groups is 1. The molecule has 0 spiro atoms. The van der Waals surface area contributed by atoms with Crippen LogP contribution in [0, 0.1) is 0 Å². The van der Waals surface area contributed by atoms with Crippen LogP contribution in [0.5, 0.6) is 5.75 Å². The van der Waals surface area contributed by atoms with Crippen molar-refractivity contribution in [3.63, 3.8) is 0 Å². The highest BCUT2D eigenvalue weighted by molar-refractivity contribution is 8.14. The molecule has 0 saturated carbocycles. The van der Waals surface area contributed by atoms with Crippen molar-refractivity contribution in [2.45, 2.75) is 24.3 Å². The van der Waals surface area contributed by atoms with Crippen LogP contribution in [-0.2, 0) is 0 Å². The van der Waals surface area contributed by atoms with Crippen LogP contribution in [0.2, 0.25) is 0 Å². The minimum atomic E-state index is 0.0162. The van der Waals surface area contributed by atoms with Crippen molar-refractivity contribution in [1.82, 2.24) is 9.88 Å². The van der Waals surface area contributed by atoms with E-state index in [9.17, 15) is 0 Å². The van der Waals surface area contributed by atoms with Gasteiger partial charge in [0.25, 0.3) is 0 Å². The van der Waals surface area contributed by atoms with Crippen molar-refractivity contribution in [3.05, 3.63) is 59.9 Å². The van der Waals surface area contributed by atoms with E-state index >= 15 is 0 Å². The Morgan fingerprint density at radius 2 is 2.00 bits per heavy atom. The van der Waals surface area contributed by atoms with E-state index in [-0.39, 0.29) is 12.1 Å². The van der Waals surface area contributed by atoms with Crippen molar-refractivity contribution >= 4 is 16.9 Å². The Bertz CT molecular complexity index is 734. The molecule has 0 amide bonds. The highest BCUT2D eigenvalue weighted by Crippen LogP contribution is 2.49. The quantitative estimate of drug-likeness (QED) is 0.863. The predicted octanol–water partition coefficient (Wildman–Crippen LogP) is 3.68. The van der Waals surface area contributed by atoms with Gasteiger partial charge in [-0.15, -0.1) is 0 Å². The summed E-state index contributed by atoms with van der Waals surface area (Å²) in [4.78, 5) is 12.0. The largest absolute Gasteiger partial charge is 0.496 e. The molecule has 2 aliphatic rings. The van der Waals surface area contributed by atoms with Crippen LogP contribution < -0.4 is 4.74 Å². The maximum Gasteiger partial charge on any atom is 0.160 e. The number of rotatable bonds is 3. The fourth-order valence-electron chi connectivity index (χ4n) is 3.36. The monoisotopic (exact) mass is 325 g/mol. The first-order valence-corrected chi connectivity index (χ1v) is 8.71. The number of thioether (sulfide) groups is 1. The smallest absolute Gasteiger partial charge is 0.160 e. The second kappa shape index (κ2) is 5.89. The Hall–Kier alpha value is -2.01. The van der Waals surface area contributed by atoms with Gasteiger partial charge in [-0.25, -0.2) is 0 Å². The van der Waals surface area contributed by atoms with E-state index in [1.807, 2.05) is 42.2 Å². The summed E-state index contributed by atoms with van der Waals surface area (Å²) in [6.07, 6.45) is 1.84. The standard InChI is InChI=1S/C18H19N3OS/c1-12-11-21-17(13-7-3-4-9-15(13)22-2)16(20-18(21)23-12)14-8-5-6-10-19-14/h3-10,12,16-17H,11H2,1-2H3/t12-,16-,17-/m0/s1. The van der Waals surface area contributed by atoms with Crippen LogP contribution in [0.3, 0.4) is 0 Å². The average Bonchev–Trinajstić information content (AvgIpc) is 3.11. The zero-order valence-corrected chi connectivity index (χ0v) is 14.0. The lowest BCUT2D eigenvalue weighted by molar-refractivity contribution is 0.307. The molecule has 1 aromatic carbocycles. The molecule has 0 aliphatic carbocycles. The summed E-state index contributed by atoms with van der Waals surface area (Å²) >= 11 is 1.85. The van der Waals surface area contributed by atoms with E-state index in [2.05, 4.69) is 35.0 Å². The fourth-order valence-corrected chi connectivity index (χ4v) is 4.46. The summed E-state index contributed by atoms with van der Waals surface area (Å²) in [5.41, 5.74) is 2.19. The number of benzene rings is 1. The Labute approximate surface area is 140 Å². The first-order chi connectivity index (χ1) is 11.3. The van der Waals surface area contributed by atoms with Crippen LogP contribution in [-0.4, -0.2) is 34.0 Å². The normalized spacial score (nSPS) is 26.1. The molecule has 1 saturated heterocycles. The Balaban J connectivity index is 1.81. The van der Waals surface area contributed by atoms with Gasteiger partial charge < -0.3 is 9.64 Å².